The third kappa shape index (κ3) is 5.82. The van der Waals surface area contributed by atoms with Gasteiger partial charge >= 0.3 is 0 Å². The molecule has 3 aromatic rings. The molecular formula is C27H27F2N3O3. The van der Waals surface area contributed by atoms with Crippen molar-refractivity contribution in [2.75, 3.05) is 20.2 Å². The maximum absolute atomic E-state index is 13.5. The van der Waals surface area contributed by atoms with Crippen LogP contribution in [0, 0.1) is 18.6 Å². The van der Waals surface area contributed by atoms with E-state index in [1.54, 1.807) is 24.1 Å². The van der Waals surface area contributed by atoms with E-state index in [0.29, 0.717) is 43.7 Å². The summed E-state index contributed by atoms with van der Waals surface area (Å²) in [6, 6.07) is 13.9. The van der Waals surface area contributed by atoms with E-state index < -0.39 is 17.5 Å². The first-order valence-corrected chi connectivity index (χ1v) is 11.5. The van der Waals surface area contributed by atoms with Gasteiger partial charge < -0.3 is 15.0 Å². The minimum Gasteiger partial charge on any atom is -0.497 e. The van der Waals surface area contributed by atoms with Gasteiger partial charge in [-0.2, -0.15) is 0 Å². The fourth-order valence-corrected chi connectivity index (χ4v) is 4.36. The van der Waals surface area contributed by atoms with Crippen LogP contribution in [0.25, 0.3) is 0 Å². The minimum atomic E-state index is -0.781. The van der Waals surface area contributed by atoms with Gasteiger partial charge in [-0.3, -0.25) is 14.6 Å². The molecule has 1 aromatic heterocycles. The van der Waals surface area contributed by atoms with E-state index in [1.807, 2.05) is 31.2 Å². The van der Waals surface area contributed by atoms with Crippen molar-refractivity contribution in [1.29, 1.82) is 0 Å². The lowest BCUT2D eigenvalue weighted by molar-refractivity contribution is 0.0709. The molecule has 1 N–H and O–H groups in total. The molecule has 1 aliphatic rings. The molecule has 6 nitrogen and oxygen atoms in total. The van der Waals surface area contributed by atoms with Crippen LogP contribution in [0.2, 0.25) is 0 Å². The Morgan fingerprint density at radius 3 is 2.46 bits per heavy atom. The van der Waals surface area contributed by atoms with Gasteiger partial charge in [0.25, 0.3) is 11.8 Å². The number of nitrogens with zero attached hydrogens (tertiary/aromatic N) is 2. The fourth-order valence-electron chi connectivity index (χ4n) is 4.36. The summed E-state index contributed by atoms with van der Waals surface area (Å²) >= 11 is 0. The van der Waals surface area contributed by atoms with E-state index in [9.17, 15) is 18.4 Å². The molecule has 182 valence electrons. The number of carbonyl (C=O) groups excluding carboxylic acids is 2. The summed E-state index contributed by atoms with van der Waals surface area (Å²) in [6.45, 7) is 3.03. The van der Waals surface area contributed by atoms with Gasteiger partial charge in [0.1, 0.15) is 17.4 Å². The van der Waals surface area contributed by atoms with Gasteiger partial charge in [-0.15, -0.1) is 0 Å². The normalized spacial score (nSPS) is 14.0. The molecule has 2 heterocycles. The highest BCUT2D eigenvalue weighted by Gasteiger charge is 2.28. The number of benzene rings is 2. The van der Waals surface area contributed by atoms with Crippen molar-refractivity contribution in [2.45, 2.75) is 32.2 Å². The Morgan fingerprint density at radius 1 is 1.06 bits per heavy atom. The van der Waals surface area contributed by atoms with Gasteiger partial charge in [0.2, 0.25) is 0 Å². The fraction of sp³-hybridized carbons (Fsp3) is 0.296. The summed E-state index contributed by atoms with van der Waals surface area (Å²) in [4.78, 5) is 32.1. The van der Waals surface area contributed by atoms with Crippen molar-refractivity contribution in [1.82, 2.24) is 15.2 Å². The third-order valence-corrected chi connectivity index (χ3v) is 6.17. The zero-order valence-electron chi connectivity index (χ0n) is 19.7. The van der Waals surface area contributed by atoms with Crippen LogP contribution in [0.3, 0.4) is 0 Å². The molecule has 35 heavy (non-hydrogen) atoms. The number of amides is 2. The maximum Gasteiger partial charge on any atom is 0.254 e. The Hall–Kier alpha value is -3.81. The first-order chi connectivity index (χ1) is 16.8. The van der Waals surface area contributed by atoms with E-state index in [4.69, 9.17) is 4.74 Å². The topological polar surface area (TPSA) is 71.5 Å². The Morgan fingerprint density at radius 2 is 1.77 bits per heavy atom. The summed E-state index contributed by atoms with van der Waals surface area (Å²) in [5.41, 5.74) is 2.93. The number of rotatable bonds is 6. The Bertz CT molecular complexity index is 1220. The van der Waals surface area contributed by atoms with Crippen LogP contribution in [0.5, 0.6) is 5.75 Å². The van der Waals surface area contributed by atoms with Crippen molar-refractivity contribution < 1.29 is 23.1 Å². The largest absolute Gasteiger partial charge is 0.497 e. The molecule has 2 aromatic carbocycles. The van der Waals surface area contributed by atoms with Crippen molar-refractivity contribution in [3.8, 4) is 5.75 Å². The number of likely N-dealkylation sites (tertiary alicyclic amines) is 1. The first kappa shape index (κ1) is 24.3. The molecule has 0 spiro atoms. The Labute approximate surface area is 202 Å². The summed E-state index contributed by atoms with van der Waals surface area (Å²) in [5.74, 6) is -1.48. The van der Waals surface area contributed by atoms with Crippen LogP contribution < -0.4 is 10.1 Å². The number of ether oxygens (including phenoxy) is 1. The number of hydrogen-bond acceptors (Lipinski definition) is 4. The van der Waals surface area contributed by atoms with Gasteiger partial charge in [0.15, 0.2) is 0 Å². The maximum atomic E-state index is 13.5. The monoisotopic (exact) mass is 479 g/mol. The second-order valence-corrected chi connectivity index (χ2v) is 8.64. The predicted molar refractivity (Wildman–Crippen MR) is 127 cm³/mol. The molecule has 0 radical (unpaired) electrons. The van der Waals surface area contributed by atoms with Gasteiger partial charge in [-0.25, -0.2) is 8.78 Å². The molecule has 0 aliphatic carbocycles. The quantitative estimate of drug-likeness (QED) is 0.560. The molecule has 0 unspecified atom stereocenters. The van der Waals surface area contributed by atoms with E-state index in [1.165, 1.54) is 0 Å². The van der Waals surface area contributed by atoms with Gasteiger partial charge in [0, 0.05) is 42.9 Å². The smallest absolute Gasteiger partial charge is 0.254 e. The number of nitrogens with one attached hydrogen (secondary N) is 1. The summed E-state index contributed by atoms with van der Waals surface area (Å²) < 4.78 is 32.3. The lowest BCUT2D eigenvalue weighted by Crippen LogP contribution is -2.38. The predicted octanol–water partition coefficient (Wildman–Crippen LogP) is 4.63. The standard InChI is InChI=1S/C27H27F2N3O3/c1-17-6-7-24(26(33)30-16-18-4-3-5-23(12-18)35-2)25(31-17)19-8-10-32(11-9-19)27(34)20-13-21(28)15-22(29)14-20/h3-7,12-15,19H,8-11,16H2,1-2H3,(H,30,33). The molecule has 8 heteroatoms. The summed E-state index contributed by atoms with van der Waals surface area (Å²) in [7, 11) is 1.59. The Balaban J connectivity index is 1.44. The van der Waals surface area contributed by atoms with Crippen LogP contribution in [0.15, 0.2) is 54.6 Å². The molecule has 0 atom stereocenters. The van der Waals surface area contributed by atoms with Crippen LogP contribution in [-0.4, -0.2) is 41.9 Å². The molecule has 1 fully saturated rings. The van der Waals surface area contributed by atoms with Gasteiger partial charge in [-0.1, -0.05) is 12.1 Å². The average molecular weight is 480 g/mol. The number of halogens is 2. The molecule has 2 amide bonds. The number of aryl methyl sites for hydroxylation is 1. The third-order valence-electron chi connectivity index (χ3n) is 6.17. The number of pyridine rings is 1. The van der Waals surface area contributed by atoms with Crippen LogP contribution in [0.4, 0.5) is 8.78 Å². The van der Waals surface area contributed by atoms with Crippen LogP contribution >= 0.6 is 0 Å². The summed E-state index contributed by atoms with van der Waals surface area (Å²) in [6.07, 6.45) is 1.19. The first-order valence-electron chi connectivity index (χ1n) is 11.5. The molecular weight excluding hydrogens is 452 g/mol. The average Bonchev–Trinajstić information content (AvgIpc) is 2.86. The van der Waals surface area contributed by atoms with Gasteiger partial charge in [-0.05, 0) is 61.7 Å². The van der Waals surface area contributed by atoms with Crippen LogP contribution in [-0.2, 0) is 6.54 Å². The minimum absolute atomic E-state index is 0.00719. The highest BCUT2D eigenvalue weighted by molar-refractivity contribution is 5.96. The van der Waals surface area contributed by atoms with Crippen molar-refractivity contribution in [3.05, 3.63) is 94.3 Å². The molecule has 1 saturated heterocycles. The van der Waals surface area contributed by atoms with E-state index >= 15 is 0 Å². The molecule has 4 rings (SSSR count). The number of piperidine rings is 1. The molecule has 0 bridgehead atoms. The second kappa shape index (κ2) is 10.6. The van der Waals surface area contributed by atoms with Crippen molar-refractivity contribution in [3.63, 3.8) is 0 Å². The Kier molecular flexibility index (Phi) is 7.39. The lowest BCUT2D eigenvalue weighted by atomic mass is 9.89. The lowest BCUT2D eigenvalue weighted by Gasteiger charge is -2.32. The highest BCUT2D eigenvalue weighted by Crippen LogP contribution is 2.30. The van der Waals surface area contributed by atoms with E-state index in [0.717, 1.165) is 35.2 Å². The van der Waals surface area contributed by atoms with E-state index in [-0.39, 0.29) is 17.4 Å². The zero-order chi connectivity index (χ0) is 24.9. The number of hydrogen-bond donors (Lipinski definition) is 1. The zero-order valence-corrected chi connectivity index (χ0v) is 19.7. The van der Waals surface area contributed by atoms with Gasteiger partial charge in [0.05, 0.1) is 18.4 Å². The number of methoxy groups -OCH3 is 1. The van der Waals surface area contributed by atoms with Crippen LogP contribution in [0.1, 0.15) is 56.4 Å². The molecule has 0 saturated carbocycles. The van der Waals surface area contributed by atoms with Crippen molar-refractivity contribution >= 4 is 11.8 Å². The number of aromatic nitrogens is 1. The number of carbonyl (C=O) groups is 2. The SMILES string of the molecule is COc1cccc(CNC(=O)c2ccc(C)nc2C2CCN(C(=O)c3cc(F)cc(F)c3)CC2)c1. The van der Waals surface area contributed by atoms with E-state index in [2.05, 4.69) is 10.3 Å². The summed E-state index contributed by atoms with van der Waals surface area (Å²) in [5, 5.41) is 2.95. The van der Waals surface area contributed by atoms with Crippen molar-refractivity contribution in [2.24, 2.45) is 0 Å². The highest BCUT2D eigenvalue weighted by atomic mass is 19.1. The molecule has 1 aliphatic heterocycles. The second-order valence-electron chi connectivity index (χ2n) is 8.64.